The molecule has 0 fully saturated rings. The molecule has 0 spiro atoms. The molecular formula is C11H13ClO2S. The van der Waals surface area contributed by atoms with Crippen molar-refractivity contribution < 1.29 is 9.53 Å². The number of carbonyl (C=O) groups excluding carboxylic acids is 1. The van der Waals surface area contributed by atoms with E-state index < -0.39 is 0 Å². The van der Waals surface area contributed by atoms with Gasteiger partial charge in [0.2, 0.25) is 0 Å². The number of thioether (sulfide) groups is 1. The third-order valence-corrected chi connectivity index (χ3v) is 3.20. The summed E-state index contributed by atoms with van der Waals surface area (Å²) >= 11 is 7.41. The van der Waals surface area contributed by atoms with E-state index in [2.05, 4.69) is 4.74 Å². The zero-order valence-corrected chi connectivity index (χ0v) is 10.3. The van der Waals surface area contributed by atoms with Crippen molar-refractivity contribution in [1.29, 1.82) is 0 Å². The molecule has 0 saturated heterocycles. The number of benzene rings is 1. The number of carbonyl (C=O) groups is 1. The van der Waals surface area contributed by atoms with Crippen molar-refractivity contribution in [3.05, 3.63) is 29.3 Å². The van der Waals surface area contributed by atoms with Gasteiger partial charge in [-0.25, -0.2) is 0 Å². The van der Waals surface area contributed by atoms with Gasteiger partial charge in [0.25, 0.3) is 0 Å². The molecule has 0 amide bonds. The lowest BCUT2D eigenvalue weighted by atomic mass is 10.3. The first-order chi connectivity index (χ1) is 7.11. The fourth-order valence-corrected chi connectivity index (χ4v) is 2.21. The van der Waals surface area contributed by atoms with Gasteiger partial charge in [-0.1, -0.05) is 18.5 Å². The van der Waals surface area contributed by atoms with Crippen molar-refractivity contribution in [2.75, 3.05) is 7.11 Å². The van der Waals surface area contributed by atoms with Crippen LogP contribution in [0.5, 0.6) is 0 Å². The minimum absolute atomic E-state index is 0.177. The smallest absolute Gasteiger partial charge is 0.306 e. The van der Waals surface area contributed by atoms with Crippen molar-refractivity contribution in [2.45, 2.75) is 23.5 Å². The number of ether oxygens (including phenoxy) is 1. The molecule has 82 valence electrons. The highest BCUT2D eigenvalue weighted by Gasteiger charge is 2.10. The van der Waals surface area contributed by atoms with Crippen LogP contribution in [0.2, 0.25) is 5.02 Å². The van der Waals surface area contributed by atoms with Crippen LogP contribution in [0.4, 0.5) is 0 Å². The summed E-state index contributed by atoms with van der Waals surface area (Å²) in [5, 5.41) is 0.929. The first kappa shape index (κ1) is 12.4. The Kier molecular flexibility index (Phi) is 4.99. The number of hydrogen-bond donors (Lipinski definition) is 0. The van der Waals surface area contributed by atoms with Gasteiger partial charge in [0.05, 0.1) is 13.5 Å². The molecule has 1 aromatic rings. The molecule has 0 heterocycles. The van der Waals surface area contributed by atoms with Gasteiger partial charge in [-0.05, 0) is 24.3 Å². The second-order valence-electron chi connectivity index (χ2n) is 3.16. The van der Waals surface area contributed by atoms with E-state index in [9.17, 15) is 4.79 Å². The highest BCUT2D eigenvalue weighted by atomic mass is 35.5. The predicted molar refractivity (Wildman–Crippen MR) is 63.4 cm³/mol. The average molecular weight is 245 g/mol. The van der Waals surface area contributed by atoms with Crippen molar-refractivity contribution in [3.8, 4) is 0 Å². The summed E-state index contributed by atoms with van der Waals surface area (Å²) in [7, 11) is 1.40. The molecule has 0 aliphatic carbocycles. The molecule has 0 aliphatic heterocycles. The van der Waals surface area contributed by atoms with Gasteiger partial charge in [0.15, 0.2) is 0 Å². The van der Waals surface area contributed by atoms with E-state index in [4.69, 9.17) is 11.6 Å². The molecule has 0 radical (unpaired) electrons. The van der Waals surface area contributed by atoms with E-state index in [1.165, 1.54) is 7.11 Å². The van der Waals surface area contributed by atoms with Crippen LogP contribution in [0.25, 0.3) is 0 Å². The van der Waals surface area contributed by atoms with Crippen molar-refractivity contribution in [2.24, 2.45) is 0 Å². The van der Waals surface area contributed by atoms with Crippen LogP contribution in [0.15, 0.2) is 29.2 Å². The van der Waals surface area contributed by atoms with Crippen LogP contribution < -0.4 is 0 Å². The molecular weight excluding hydrogens is 232 g/mol. The minimum atomic E-state index is -0.177. The molecule has 15 heavy (non-hydrogen) atoms. The number of halogens is 1. The zero-order valence-electron chi connectivity index (χ0n) is 8.70. The Labute approximate surface area is 99.0 Å². The van der Waals surface area contributed by atoms with E-state index in [0.717, 1.165) is 9.92 Å². The van der Waals surface area contributed by atoms with Gasteiger partial charge in [0.1, 0.15) is 0 Å². The summed E-state index contributed by atoms with van der Waals surface area (Å²) in [6, 6.07) is 7.57. The molecule has 0 saturated carbocycles. The quantitative estimate of drug-likeness (QED) is 0.600. The molecule has 1 atom stereocenters. The molecule has 1 unspecified atom stereocenters. The molecule has 1 rings (SSSR count). The van der Waals surface area contributed by atoms with Crippen molar-refractivity contribution in [3.63, 3.8) is 0 Å². The Morgan fingerprint density at radius 1 is 1.47 bits per heavy atom. The zero-order chi connectivity index (χ0) is 11.3. The van der Waals surface area contributed by atoms with Gasteiger partial charge in [-0.15, -0.1) is 11.8 Å². The molecule has 0 aromatic heterocycles. The highest BCUT2D eigenvalue weighted by molar-refractivity contribution is 8.00. The Bertz CT molecular complexity index is 324. The second kappa shape index (κ2) is 6.03. The van der Waals surface area contributed by atoms with E-state index in [0.29, 0.717) is 6.42 Å². The maximum atomic E-state index is 11.0. The van der Waals surface area contributed by atoms with E-state index in [1.54, 1.807) is 11.8 Å². The van der Waals surface area contributed by atoms with E-state index in [-0.39, 0.29) is 11.2 Å². The number of esters is 1. The minimum Gasteiger partial charge on any atom is -0.469 e. The van der Waals surface area contributed by atoms with Crippen LogP contribution in [0.1, 0.15) is 13.3 Å². The Morgan fingerprint density at radius 2 is 2.07 bits per heavy atom. The number of methoxy groups -OCH3 is 1. The van der Waals surface area contributed by atoms with E-state index >= 15 is 0 Å². The standard InChI is InChI=1S/C11H13ClO2S/c1-8(7-11(13)14-2)15-10-5-3-9(12)4-6-10/h3-6,8H,7H2,1-2H3. The van der Waals surface area contributed by atoms with Gasteiger partial charge in [-0.3, -0.25) is 4.79 Å². The maximum absolute atomic E-state index is 11.0. The van der Waals surface area contributed by atoms with Crippen molar-refractivity contribution >= 4 is 29.3 Å². The molecule has 0 aliphatic rings. The lowest BCUT2D eigenvalue weighted by molar-refractivity contribution is -0.140. The fraction of sp³-hybridized carbons (Fsp3) is 0.364. The summed E-state index contributed by atoms with van der Waals surface area (Å²) < 4.78 is 4.60. The maximum Gasteiger partial charge on any atom is 0.306 e. The fourth-order valence-electron chi connectivity index (χ4n) is 1.11. The SMILES string of the molecule is COC(=O)CC(C)Sc1ccc(Cl)cc1. The first-order valence-corrected chi connectivity index (χ1v) is 5.86. The summed E-state index contributed by atoms with van der Waals surface area (Å²) in [5.41, 5.74) is 0. The Balaban J connectivity index is 2.47. The summed E-state index contributed by atoms with van der Waals surface area (Å²) in [6.07, 6.45) is 0.420. The van der Waals surface area contributed by atoms with Crippen LogP contribution in [0, 0.1) is 0 Å². The second-order valence-corrected chi connectivity index (χ2v) is 5.11. The Morgan fingerprint density at radius 3 is 2.60 bits per heavy atom. The summed E-state index contributed by atoms with van der Waals surface area (Å²) in [5.74, 6) is -0.177. The predicted octanol–water partition coefficient (Wildman–Crippen LogP) is 3.38. The largest absolute Gasteiger partial charge is 0.469 e. The molecule has 0 N–H and O–H groups in total. The van der Waals surface area contributed by atoms with Gasteiger partial charge in [0, 0.05) is 15.2 Å². The van der Waals surface area contributed by atoms with Gasteiger partial charge >= 0.3 is 5.97 Å². The normalized spacial score (nSPS) is 12.2. The molecule has 2 nitrogen and oxygen atoms in total. The van der Waals surface area contributed by atoms with Crippen LogP contribution >= 0.6 is 23.4 Å². The monoisotopic (exact) mass is 244 g/mol. The number of rotatable bonds is 4. The first-order valence-electron chi connectivity index (χ1n) is 4.61. The lowest BCUT2D eigenvalue weighted by Crippen LogP contribution is -2.08. The molecule has 4 heteroatoms. The third kappa shape index (κ3) is 4.58. The average Bonchev–Trinajstić information content (AvgIpc) is 2.21. The van der Waals surface area contributed by atoms with Crippen LogP contribution in [-0.4, -0.2) is 18.3 Å². The van der Waals surface area contributed by atoms with Crippen molar-refractivity contribution in [1.82, 2.24) is 0 Å². The molecule has 1 aromatic carbocycles. The summed E-state index contributed by atoms with van der Waals surface area (Å²) in [4.78, 5) is 12.1. The molecule has 0 bridgehead atoms. The van der Waals surface area contributed by atoms with E-state index in [1.807, 2.05) is 31.2 Å². The van der Waals surface area contributed by atoms with Crippen LogP contribution in [0.3, 0.4) is 0 Å². The third-order valence-electron chi connectivity index (χ3n) is 1.83. The highest BCUT2D eigenvalue weighted by Crippen LogP contribution is 2.26. The van der Waals surface area contributed by atoms with Gasteiger partial charge in [-0.2, -0.15) is 0 Å². The summed E-state index contributed by atoms with van der Waals surface area (Å²) in [6.45, 7) is 2.00. The van der Waals surface area contributed by atoms with Crippen LogP contribution in [-0.2, 0) is 9.53 Å². The Hall–Kier alpha value is -0.670. The van der Waals surface area contributed by atoms with Gasteiger partial charge < -0.3 is 4.74 Å². The lowest BCUT2D eigenvalue weighted by Gasteiger charge is -2.09. The number of hydrogen-bond acceptors (Lipinski definition) is 3. The topological polar surface area (TPSA) is 26.3 Å².